The molecule has 5 nitrogen and oxygen atoms in total. The molecule has 0 amide bonds. The van der Waals surface area contributed by atoms with Gasteiger partial charge in [-0.3, -0.25) is 0 Å². The SMILES string of the molecule is c1ccc(-c2nc(-c3ccc4oc5ccccc5c4c3)nc(-c3cccc4oc5cc(-c6cccc7sc8ccccc8c67)ccc5c34)n2)cc1. The fourth-order valence-electron chi connectivity index (χ4n) is 7.40. The molecule has 0 N–H and O–H groups in total. The van der Waals surface area contributed by atoms with Crippen molar-refractivity contribution in [2.45, 2.75) is 0 Å². The van der Waals surface area contributed by atoms with Crippen LogP contribution in [-0.4, -0.2) is 15.0 Å². The quantitative estimate of drug-likeness (QED) is 0.186. The zero-order valence-electron chi connectivity index (χ0n) is 27.0. The second kappa shape index (κ2) is 10.9. The molecule has 0 radical (unpaired) electrons. The maximum atomic E-state index is 6.59. The van der Waals surface area contributed by atoms with E-state index in [1.54, 1.807) is 0 Å². The Hall–Kier alpha value is -6.63. The van der Waals surface area contributed by atoms with Crippen molar-refractivity contribution < 1.29 is 8.83 Å². The van der Waals surface area contributed by atoms with Gasteiger partial charge in [0.25, 0.3) is 0 Å². The summed E-state index contributed by atoms with van der Waals surface area (Å²) in [5.74, 6) is 1.79. The number of hydrogen-bond acceptors (Lipinski definition) is 6. The zero-order chi connectivity index (χ0) is 33.5. The fourth-order valence-corrected chi connectivity index (χ4v) is 8.53. The number of aromatic nitrogens is 3. The predicted octanol–water partition coefficient (Wildman–Crippen LogP) is 12.7. The van der Waals surface area contributed by atoms with Crippen LogP contribution >= 0.6 is 11.3 Å². The van der Waals surface area contributed by atoms with Crippen LogP contribution in [0.5, 0.6) is 0 Å². The lowest BCUT2D eigenvalue weighted by atomic mass is 9.98. The second-order valence-electron chi connectivity index (χ2n) is 12.8. The molecule has 0 saturated heterocycles. The van der Waals surface area contributed by atoms with Gasteiger partial charge in [0, 0.05) is 58.4 Å². The molecular weight excluding hydrogens is 647 g/mol. The minimum Gasteiger partial charge on any atom is -0.456 e. The lowest BCUT2D eigenvalue weighted by molar-refractivity contribution is 0.668. The number of para-hydroxylation sites is 1. The normalized spacial score (nSPS) is 11.9. The van der Waals surface area contributed by atoms with Crippen LogP contribution in [0.1, 0.15) is 0 Å². The molecule has 4 heterocycles. The number of hydrogen-bond donors (Lipinski definition) is 0. The van der Waals surface area contributed by atoms with E-state index in [2.05, 4.69) is 78.9 Å². The standard InChI is InChI=1S/C45H25N3O2S/c1-2-10-26(11-3-1)43-46-44(28-21-23-36-34(24-28)30-12-4-6-16-35(30)49-36)48-45(47-43)33-15-8-17-37-41(33)31-22-20-27(25-38(31)50-37)29-14-9-19-40-42(29)32-13-5-7-18-39(32)51-40/h1-25H. The first-order chi connectivity index (χ1) is 25.2. The third-order valence-electron chi connectivity index (χ3n) is 9.75. The van der Waals surface area contributed by atoms with Crippen molar-refractivity contribution in [1.82, 2.24) is 15.0 Å². The van der Waals surface area contributed by atoms with Crippen LogP contribution in [0.2, 0.25) is 0 Å². The molecule has 0 aliphatic rings. The van der Waals surface area contributed by atoms with E-state index in [0.717, 1.165) is 66.1 Å². The van der Waals surface area contributed by atoms with Crippen LogP contribution in [0, 0.1) is 0 Å². The van der Waals surface area contributed by atoms with E-state index in [0.29, 0.717) is 17.5 Å². The Morgan fingerprint density at radius 2 is 1.02 bits per heavy atom. The molecule has 4 aromatic heterocycles. The van der Waals surface area contributed by atoms with Crippen LogP contribution in [0.4, 0.5) is 0 Å². The van der Waals surface area contributed by atoms with Crippen LogP contribution in [0.15, 0.2) is 160 Å². The summed E-state index contributed by atoms with van der Waals surface area (Å²) in [7, 11) is 0. The van der Waals surface area contributed by atoms with Crippen molar-refractivity contribution >= 4 is 75.4 Å². The Morgan fingerprint density at radius 1 is 0.353 bits per heavy atom. The summed E-state index contributed by atoms with van der Waals surface area (Å²) in [6.07, 6.45) is 0. The summed E-state index contributed by atoms with van der Waals surface area (Å²) < 4.78 is 15.3. The van der Waals surface area contributed by atoms with Crippen molar-refractivity contribution in [3.63, 3.8) is 0 Å². The number of benzene rings is 7. The largest absolute Gasteiger partial charge is 0.456 e. The maximum absolute atomic E-state index is 6.59. The molecule has 0 aliphatic heterocycles. The Labute approximate surface area is 295 Å². The minimum atomic E-state index is 0.586. The Morgan fingerprint density at radius 3 is 1.94 bits per heavy atom. The lowest BCUT2D eigenvalue weighted by Gasteiger charge is -2.09. The van der Waals surface area contributed by atoms with Gasteiger partial charge in [0.15, 0.2) is 17.5 Å². The topological polar surface area (TPSA) is 65.0 Å². The van der Waals surface area contributed by atoms with Gasteiger partial charge in [-0.15, -0.1) is 11.3 Å². The van der Waals surface area contributed by atoms with Gasteiger partial charge in [0.2, 0.25) is 0 Å². The molecule has 238 valence electrons. The third-order valence-corrected chi connectivity index (χ3v) is 10.9. The molecular formula is C45H25N3O2S. The predicted molar refractivity (Wildman–Crippen MR) is 209 cm³/mol. The van der Waals surface area contributed by atoms with E-state index in [9.17, 15) is 0 Å². The molecule has 0 saturated carbocycles. The Balaban J connectivity index is 1.11. The van der Waals surface area contributed by atoms with Crippen molar-refractivity contribution in [3.05, 3.63) is 152 Å². The van der Waals surface area contributed by atoms with Gasteiger partial charge in [0.1, 0.15) is 22.3 Å². The second-order valence-corrected chi connectivity index (χ2v) is 13.8. The van der Waals surface area contributed by atoms with Gasteiger partial charge in [0.05, 0.1) is 0 Å². The molecule has 0 aliphatic carbocycles. The molecule has 7 aromatic carbocycles. The zero-order valence-corrected chi connectivity index (χ0v) is 27.8. The summed E-state index contributed by atoms with van der Waals surface area (Å²) >= 11 is 1.83. The van der Waals surface area contributed by atoms with Gasteiger partial charge in [-0.05, 0) is 65.7 Å². The molecule has 51 heavy (non-hydrogen) atoms. The maximum Gasteiger partial charge on any atom is 0.164 e. The molecule has 0 fully saturated rings. The molecule has 0 bridgehead atoms. The van der Waals surface area contributed by atoms with Gasteiger partial charge in [-0.2, -0.15) is 0 Å². The van der Waals surface area contributed by atoms with Crippen LogP contribution in [0.3, 0.4) is 0 Å². The monoisotopic (exact) mass is 671 g/mol. The van der Waals surface area contributed by atoms with Crippen LogP contribution in [-0.2, 0) is 0 Å². The summed E-state index contributed by atoms with van der Waals surface area (Å²) in [6.45, 7) is 0. The van der Waals surface area contributed by atoms with E-state index in [1.807, 2.05) is 84.1 Å². The van der Waals surface area contributed by atoms with Crippen molar-refractivity contribution in [3.8, 4) is 45.3 Å². The highest BCUT2D eigenvalue weighted by atomic mass is 32.1. The average Bonchev–Trinajstić information content (AvgIpc) is 3.88. The first kappa shape index (κ1) is 28.2. The molecule has 6 heteroatoms. The van der Waals surface area contributed by atoms with Crippen LogP contribution in [0.25, 0.3) is 109 Å². The summed E-state index contributed by atoms with van der Waals surface area (Å²) in [5.41, 5.74) is 8.30. The highest BCUT2D eigenvalue weighted by Crippen LogP contribution is 2.43. The van der Waals surface area contributed by atoms with E-state index < -0.39 is 0 Å². The third kappa shape index (κ3) is 4.43. The smallest absolute Gasteiger partial charge is 0.164 e. The number of furan rings is 2. The molecule has 0 atom stereocenters. The summed E-state index contributed by atoms with van der Waals surface area (Å²) in [4.78, 5) is 15.2. The number of nitrogens with zero attached hydrogens (tertiary/aromatic N) is 3. The van der Waals surface area contributed by atoms with E-state index in [1.165, 1.54) is 25.7 Å². The van der Waals surface area contributed by atoms with Gasteiger partial charge in [-0.1, -0.05) is 97.1 Å². The number of thiophene rings is 1. The first-order valence-corrected chi connectivity index (χ1v) is 17.7. The highest BCUT2D eigenvalue weighted by molar-refractivity contribution is 7.25. The first-order valence-electron chi connectivity index (χ1n) is 16.8. The highest BCUT2D eigenvalue weighted by Gasteiger charge is 2.20. The molecule has 11 aromatic rings. The van der Waals surface area contributed by atoms with Crippen LogP contribution < -0.4 is 0 Å². The van der Waals surface area contributed by atoms with Gasteiger partial charge in [-0.25, -0.2) is 15.0 Å². The van der Waals surface area contributed by atoms with Gasteiger partial charge >= 0.3 is 0 Å². The molecule has 0 spiro atoms. The summed E-state index contributed by atoms with van der Waals surface area (Å²) in [5, 5.41) is 6.63. The van der Waals surface area contributed by atoms with Gasteiger partial charge < -0.3 is 8.83 Å². The van der Waals surface area contributed by atoms with Crippen molar-refractivity contribution in [2.75, 3.05) is 0 Å². The molecule has 11 rings (SSSR count). The Kier molecular flexibility index (Phi) is 6.05. The lowest BCUT2D eigenvalue weighted by Crippen LogP contribution is -2.00. The van der Waals surface area contributed by atoms with Crippen molar-refractivity contribution in [1.29, 1.82) is 0 Å². The van der Waals surface area contributed by atoms with E-state index in [-0.39, 0.29) is 0 Å². The van der Waals surface area contributed by atoms with E-state index >= 15 is 0 Å². The fraction of sp³-hybridized carbons (Fsp3) is 0. The van der Waals surface area contributed by atoms with E-state index in [4.69, 9.17) is 23.8 Å². The minimum absolute atomic E-state index is 0.586. The Bertz CT molecular complexity index is 3160. The average molecular weight is 672 g/mol. The number of fused-ring (bicyclic) bond motifs is 9. The summed E-state index contributed by atoms with van der Waals surface area (Å²) in [6, 6.07) is 52.1. The number of rotatable bonds is 4. The molecule has 0 unspecified atom stereocenters. The van der Waals surface area contributed by atoms with Crippen molar-refractivity contribution in [2.24, 2.45) is 0 Å².